The Balaban J connectivity index is 1.60. The maximum atomic E-state index is 13.4. The molecule has 2 amide bonds. The quantitative estimate of drug-likeness (QED) is 0.370. The van der Waals surface area contributed by atoms with Gasteiger partial charge < -0.3 is 25.2 Å². The van der Waals surface area contributed by atoms with E-state index in [1.807, 2.05) is 0 Å². The molecule has 0 radical (unpaired) electrons. The molecule has 0 bridgehead atoms. The van der Waals surface area contributed by atoms with Crippen LogP contribution in [0.2, 0.25) is 0 Å². The molecule has 0 unspecified atom stereocenters. The lowest BCUT2D eigenvalue weighted by Gasteiger charge is -2.35. The summed E-state index contributed by atoms with van der Waals surface area (Å²) in [6.45, 7) is -0.499. The minimum Gasteiger partial charge on any atom is -0.387 e. The first-order valence-electron chi connectivity index (χ1n) is 12.1. The lowest BCUT2D eigenvalue weighted by atomic mass is 10.0. The van der Waals surface area contributed by atoms with Crippen molar-refractivity contribution in [3.05, 3.63) is 56.3 Å². The average molecular weight is 615 g/mol. The van der Waals surface area contributed by atoms with Crippen molar-refractivity contribution in [1.29, 1.82) is 0 Å². The molecule has 39 heavy (non-hydrogen) atoms. The number of hydrogen-bond donors (Lipinski definition) is 2. The molecule has 0 spiro atoms. The van der Waals surface area contributed by atoms with E-state index in [1.54, 1.807) is 24.2 Å². The minimum absolute atomic E-state index is 0.101. The van der Waals surface area contributed by atoms with Gasteiger partial charge in [0.1, 0.15) is 5.69 Å². The topological polar surface area (TPSA) is 130 Å². The van der Waals surface area contributed by atoms with Gasteiger partial charge in [-0.1, -0.05) is 15.9 Å². The molecule has 11 nitrogen and oxygen atoms in total. The van der Waals surface area contributed by atoms with Crippen LogP contribution in [0.1, 0.15) is 33.6 Å². The van der Waals surface area contributed by atoms with Crippen molar-refractivity contribution in [1.82, 2.24) is 14.8 Å². The zero-order valence-corrected chi connectivity index (χ0v) is 22.4. The van der Waals surface area contributed by atoms with E-state index in [1.165, 1.54) is 18.3 Å². The van der Waals surface area contributed by atoms with Gasteiger partial charge in [0.2, 0.25) is 0 Å². The highest BCUT2D eigenvalue weighted by Gasteiger charge is 2.45. The second kappa shape index (κ2) is 11.7. The number of nitro groups is 1. The highest BCUT2D eigenvalue weighted by Crippen LogP contribution is 2.36. The van der Waals surface area contributed by atoms with Gasteiger partial charge in [-0.15, -0.1) is 0 Å². The van der Waals surface area contributed by atoms with Crippen LogP contribution in [0.5, 0.6) is 0 Å². The first-order chi connectivity index (χ1) is 18.5. The van der Waals surface area contributed by atoms with Crippen LogP contribution in [0.4, 0.5) is 30.2 Å². The number of nitrogens with zero attached hydrogens (tertiary/aromatic N) is 4. The summed E-state index contributed by atoms with van der Waals surface area (Å²) < 4.78 is 44.8. The van der Waals surface area contributed by atoms with E-state index in [2.05, 4.69) is 31.5 Å². The Morgan fingerprint density at radius 3 is 2.59 bits per heavy atom. The largest absolute Gasteiger partial charge is 0.416 e. The van der Waals surface area contributed by atoms with E-state index in [9.17, 15) is 32.9 Å². The SMILES string of the molecule is CNc1cncc(C(=O)N2CCC[C@@H](Nc3c(C(=O)N4CCO[C@H](C(F)(F)F)C4)cc(Br)cc3[N+](=O)[O-])C2)c1. The Bertz CT molecular complexity index is 1260. The number of ether oxygens (including phenoxy) is 1. The van der Waals surface area contributed by atoms with E-state index in [0.29, 0.717) is 30.6 Å². The second-order valence-electron chi connectivity index (χ2n) is 9.20. The van der Waals surface area contributed by atoms with Gasteiger partial charge in [-0.3, -0.25) is 24.7 Å². The van der Waals surface area contributed by atoms with Crippen molar-refractivity contribution in [3.8, 4) is 0 Å². The molecule has 2 aliphatic heterocycles. The summed E-state index contributed by atoms with van der Waals surface area (Å²) in [4.78, 5) is 44.5. The van der Waals surface area contributed by atoms with Crippen molar-refractivity contribution in [3.63, 3.8) is 0 Å². The lowest BCUT2D eigenvalue weighted by Crippen LogP contribution is -2.51. The van der Waals surface area contributed by atoms with Gasteiger partial charge in [-0.05, 0) is 25.0 Å². The Labute approximate surface area is 230 Å². The molecule has 2 aromatic rings. The van der Waals surface area contributed by atoms with Gasteiger partial charge in [-0.25, -0.2) is 0 Å². The Hall–Kier alpha value is -3.46. The van der Waals surface area contributed by atoms with Gasteiger partial charge >= 0.3 is 6.18 Å². The molecule has 2 N–H and O–H groups in total. The number of aromatic nitrogens is 1. The molecule has 0 saturated carbocycles. The number of nitro benzene ring substituents is 1. The van der Waals surface area contributed by atoms with Crippen molar-refractivity contribution >= 4 is 44.8 Å². The molecule has 4 rings (SSSR count). The smallest absolute Gasteiger partial charge is 0.387 e. The summed E-state index contributed by atoms with van der Waals surface area (Å²) in [5.74, 6) is -1.06. The molecule has 1 aromatic carbocycles. The predicted molar refractivity (Wildman–Crippen MR) is 139 cm³/mol. The maximum Gasteiger partial charge on any atom is 0.416 e. The summed E-state index contributed by atoms with van der Waals surface area (Å²) in [7, 11) is 1.70. The second-order valence-corrected chi connectivity index (χ2v) is 10.1. The number of alkyl halides is 3. The summed E-state index contributed by atoms with van der Waals surface area (Å²) in [5, 5.41) is 17.9. The van der Waals surface area contributed by atoms with Crippen LogP contribution >= 0.6 is 15.9 Å². The Morgan fingerprint density at radius 2 is 1.90 bits per heavy atom. The minimum atomic E-state index is -4.66. The molecule has 2 atom stereocenters. The number of likely N-dealkylation sites (tertiary alicyclic amines) is 1. The van der Waals surface area contributed by atoms with Crippen molar-refractivity contribution in [2.24, 2.45) is 0 Å². The number of piperidine rings is 1. The number of pyridine rings is 1. The molecule has 2 saturated heterocycles. The predicted octanol–water partition coefficient (Wildman–Crippen LogP) is 3.91. The maximum absolute atomic E-state index is 13.4. The fraction of sp³-hybridized carbons (Fsp3) is 0.458. The molecule has 2 aliphatic rings. The molecule has 3 heterocycles. The standard InChI is InChI=1S/C24H26BrF3N6O5/c1-29-17-7-14(10-30-11-17)22(35)32-4-2-3-16(12-32)31-21-18(8-15(25)9-19(21)34(37)38)23(36)33-5-6-39-20(13-33)24(26,27)28/h7-11,16,20,29,31H,2-6,12-13H2,1H3/t16-,20+/m1/s1. The molecular formula is C24H26BrF3N6O5. The van der Waals surface area contributed by atoms with Gasteiger partial charge in [0.25, 0.3) is 17.5 Å². The fourth-order valence-corrected chi connectivity index (χ4v) is 5.06. The van der Waals surface area contributed by atoms with Gasteiger partial charge in [0.15, 0.2) is 6.10 Å². The number of nitrogens with one attached hydrogen (secondary N) is 2. The van der Waals surface area contributed by atoms with Crippen LogP contribution in [0.3, 0.4) is 0 Å². The van der Waals surface area contributed by atoms with Crippen LogP contribution in [0, 0.1) is 10.1 Å². The van der Waals surface area contributed by atoms with E-state index in [-0.39, 0.29) is 41.3 Å². The number of hydrogen-bond acceptors (Lipinski definition) is 8. The van der Waals surface area contributed by atoms with Gasteiger partial charge in [0.05, 0.1) is 34.9 Å². The number of carbonyl (C=O) groups excluding carboxylic acids is 2. The molecule has 0 aliphatic carbocycles. The zero-order chi connectivity index (χ0) is 28.3. The van der Waals surface area contributed by atoms with Crippen LogP contribution in [0.25, 0.3) is 0 Å². The van der Waals surface area contributed by atoms with Gasteiger partial charge in [0, 0.05) is 55.7 Å². The zero-order valence-electron chi connectivity index (χ0n) is 20.8. The normalized spacial score (nSPS) is 19.9. The summed E-state index contributed by atoms with van der Waals surface area (Å²) >= 11 is 3.17. The summed E-state index contributed by atoms with van der Waals surface area (Å²) in [6.07, 6.45) is -2.65. The van der Waals surface area contributed by atoms with E-state index in [4.69, 9.17) is 4.74 Å². The highest BCUT2D eigenvalue weighted by molar-refractivity contribution is 9.10. The number of anilines is 2. The molecule has 2 fully saturated rings. The molecule has 15 heteroatoms. The number of halogens is 4. The van der Waals surface area contributed by atoms with Crippen LogP contribution in [-0.4, -0.2) is 89.7 Å². The average Bonchev–Trinajstić information content (AvgIpc) is 2.92. The summed E-state index contributed by atoms with van der Waals surface area (Å²) in [6, 6.07) is 3.77. The first kappa shape index (κ1) is 28.5. The highest BCUT2D eigenvalue weighted by atomic mass is 79.9. The van der Waals surface area contributed by atoms with Crippen LogP contribution < -0.4 is 10.6 Å². The van der Waals surface area contributed by atoms with Crippen molar-refractivity contribution in [2.75, 3.05) is 50.5 Å². The molecule has 1 aromatic heterocycles. The third-order valence-corrected chi connectivity index (χ3v) is 7.02. The van der Waals surface area contributed by atoms with Crippen LogP contribution in [0.15, 0.2) is 35.1 Å². The van der Waals surface area contributed by atoms with Crippen LogP contribution in [-0.2, 0) is 4.74 Å². The lowest BCUT2D eigenvalue weighted by molar-refractivity contribution is -0.384. The number of amides is 2. The number of morpholine rings is 1. The molecule has 210 valence electrons. The Kier molecular flexibility index (Phi) is 8.59. The van der Waals surface area contributed by atoms with Crippen molar-refractivity contribution < 1.29 is 32.4 Å². The fourth-order valence-electron chi connectivity index (χ4n) is 4.62. The monoisotopic (exact) mass is 614 g/mol. The number of carbonyl (C=O) groups is 2. The molecular weight excluding hydrogens is 589 g/mol. The van der Waals surface area contributed by atoms with E-state index in [0.717, 1.165) is 4.90 Å². The third kappa shape index (κ3) is 6.58. The van der Waals surface area contributed by atoms with E-state index < -0.39 is 41.4 Å². The Morgan fingerprint density at radius 1 is 1.15 bits per heavy atom. The number of benzene rings is 1. The number of rotatable bonds is 6. The van der Waals surface area contributed by atoms with Crippen molar-refractivity contribution in [2.45, 2.75) is 31.2 Å². The van der Waals surface area contributed by atoms with E-state index >= 15 is 0 Å². The third-order valence-electron chi connectivity index (χ3n) is 6.56. The van der Waals surface area contributed by atoms with Gasteiger partial charge in [-0.2, -0.15) is 13.2 Å². The first-order valence-corrected chi connectivity index (χ1v) is 12.9. The summed E-state index contributed by atoms with van der Waals surface area (Å²) in [5.41, 5.74) is 0.369.